The molecule has 2 rings (SSSR count). The Morgan fingerprint density at radius 1 is 1.15 bits per heavy atom. The first kappa shape index (κ1) is 14.9. The summed E-state index contributed by atoms with van der Waals surface area (Å²) < 4.78 is 0. The Kier molecular flexibility index (Phi) is 5.10. The second-order valence-electron chi connectivity index (χ2n) is 4.93. The number of nitrogens with zero attached hydrogens (tertiary/aromatic N) is 2. The van der Waals surface area contributed by atoms with Gasteiger partial charge in [-0.05, 0) is 38.0 Å². The fourth-order valence-electron chi connectivity index (χ4n) is 2.37. The number of aryl methyl sites for hydroxylation is 1. The van der Waals surface area contributed by atoms with Crippen molar-refractivity contribution in [2.24, 2.45) is 0 Å². The summed E-state index contributed by atoms with van der Waals surface area (Å²) in [7, 11) is 0. The van der Waals surface area contributed by atoms with E-state index in [2.05, 4.69) is 41.3 Å². The minimum atomic E-state index is 0.157. The Morgan fingerprint density at radius 2 is 1.80 bits per heavy atom. The standard InChI is InChI=1S/C16H20ClN3/c1-4-15(13-5-7-14(17)8-6-13)20-12(3)16-11(2)18-9-10-19-16/h5-10,12,15,20H,4H2,1-3H3. The smallest absolute Gasteiger partial charge is 0.0782 e. The summed E-state index contributed by atoms with van der Waals surface area (Å²) in [4.78, 5) is 8.72. The summed E-state index contributed by atoms with van der Waals surface area (Å²) >= 11 is 5.94. The van der Waals surface area contributed by atoms with Gasteiger partial charge in [-0.2, -0.15) is 0 Å². The number of rotatable bonds is 5. The largest absolute Gasteiger partial charge is 0.302 e. The number of benzene rings is 1. The molecular formula is C16H20ClN3. The maximum Gasteiger partial charge on any atom is 0.0782 e. The summed E-state index contributed by atoms with van der Waals surface area (Å²) in [5.74, 6) is 0. The Hall–Kier alpha value is -1.45. The molecule has 106 valence electrons. The summed E-state index contributed by atoms with van der Waals surface area (Å²) in [5, 5.41) is 4.38. The topological polar surface area (TPSA) is 37.8 Å². The first-order chi connectivity index (χ1) is 9.61. The fraction of sp³-hybridized carbons (Fsp3) is 0.375. The molecule has 0 aliphatic carbocycles. The SMILES string of the molecule is CCC(NC(C)c1nccnc1C)c1ccc(Cl)cc1. The van der Waals surface area contributed by atoms with Crippen molar-refractivity contribution in [3.63, 3.8) is 0 Å². The number of nitrogens with one attached hydrogen (secondary N) is 1. The van der Waals surface area contributed by atoms with Crippen LogP contribution in [0.3, 0.4) is 0 Å². The molecule has 3 nitrogen and oxygen atoms in total. The van der Waals surface area contributed by atoms with Crippen LogP contribution < -0.4 is 5.32 Å². The zero-order valence-electron chi connectivity index (χ0n) is 12.1. The Balaban J connectivity index is 2.14. The van der Waals surface area contributed by atoms with Crippen molar-refractivity contribution >= 4 is 11.6 Å². The Labute approximate surface area is 125 Å². The van der Waals surface area contributed by atoms with E-state index in [9.17, 15) is 0 Å². The van der Waals surface area contributed by atoms with Crippen molar-refractivity contribution in [1.29, 1.82) is 0 Å². The molecule has 0 spiro atoms. The molecule has 0 saturated carbocycles. The highest BCUT2D eigenvalue weighted by atomic mass is 35.5. The molecule has 0 bridgehead atoms. The molecule has 1 aromatic carbocycles. The number of halogens is 1. The molecule has 2 unspecified atom stereocenters. The van der Waals surface area contributed by atoms with Crippen LogP contribution in [0.25, 0.3) is 0 Å². The summed E-state index contributed by atoms with van der Waals surface area (Å²) in [5.41, 5.74) is 3.21. The minimum absolute atomic E-state index is 0.157. The number of hydrogen-bond donors (Lipinski definition) is 1. The van der Waals surface area contributed by atoms with Crippen LogP contribution in [0.1, 0.15) is 49.3 Å². The maximum atomic E-state index is 5.94. The zero-order valence-corrected chi connectivity index (χ0v) is 12.9. The van der Waals surface area contributed by atoms with Gasteiger partial charge < -0.3 is 5.32 Å². The molecule has 0 radical (unpaired) electrons. The molecule has 0 amide bonds. The third-order valence-electron chi connectivity index (χ3n) is 3.46. The summed E-state index contributed by atoms with van der Waals surface area (Å²) in [6.07, 6.45) is 4.47. The normalized spacial score (nSPS) is 14.0. The summed E-state index contributed by atoms with van der Waals surface area (Å²) in [6.45, 7) is 6.28. The predicted molar refractivity (Wildman–Crippen MR) is 82.8 cm³/mol. The third-order valence-corrected chi connectivity index (χ3v) is 3.71. The molecule has 2 atom stereocenters. The van der Waals surface area contributed by atoms with Gasteiger partial charge >= 0.3 is 0 Å². The molecule has 1 aromatic heterocycles. The molecule has 0 aliphatic heterocycles. The number of hydrogen-bond acceptors (Lipinski definition) is 3. The molecule has 0 fully saturated rings. The molecular weight excluding hydrogens is 270 g/mol. The summed E-state index contributed by atoms with van der Waals surface area (Å²) in [6, 6.07) is 8.44. The van der Waals surface area contributed by atoms with Gasteiger partial charge in [0.1, 0.15) is 0 Å². The van der Waals surface area contributed by atoms with Crippen molar-refractivity contribution in [2.75, 3.05) is 0 Å². The highest BCUT2D eigenvalue weighted by Crippen LogP contribution is 2.23. The monoisotopic (exact) mass is 289 g/mol. The highest BCUT2D eigenvalue weighted by Gasteiger charge is 2.16. The molecule has 0 saturated heterocycles. The van der Waals surface area contributed by atoms with E-state index in [1.807, 2.05) is 19.1 Å². The van der Waals surface area contributed by atoms with Crippen LogP contribution in [0.15, 0.2) is 36.7 Å². The van der Waals surface area contributed by atoms with Crippen LogP contribution in [-0.2, 0) is 0 Å². The van der Waals surface area contributed by atoms with E-state index >= 15 is 0 Å². The van der Waals surface area contributed by atoms with E-state index in [1.54, 1.807) is 12.4 Å². The maximum absolute atomic E-state index is 5.94. The van der Waals surface area contributed by atoms with Gasteiger partial charge in [0.2, 0.25) is 0 Å². The molecule has 20 heavy (non-hydrogen) atoms. The van der Waals surface area contributed by atoms with E-state index in [0.29, 0.717) is 0 Å². The van der Waals surface area contributed by atoms with Crippen molar-refractivity contribution in [3.05, 3.63) is 58.6 Å². The second-order valence-corrected chi connectivity index (χ2v) is 5.36. The lowest BCUT2D eigenvalue weighted by Gasteiger charge is -2.23. The van der Waals surface area contributed by atoms with E-state index in [0.717, 1.165) is 22.8 Å². The van der Waals surface area contributed by atoms with Gasteiger partial charge in [-0.3, -0.25) is 9.97 Å². The first-order valence-corrected chi connectivity index (χ1v) is 7.28. The van der Waals surface area contributed by atoms with Gasteiger partial charge in [0.05, 0.1) is 11.4 Å². The zero-order chi connectivity index (χ0) is 14.5. The average Bonchev–Trinajstić information content (AvgIpc) is 2.46. The Morgan fingerprint density at radius 3 is 2.40 bits per heavy atom. The average molecular weight is 290 g/mol. The third kappa shape index (κ3) is 3.56. The van der Waals surface area contributed by atoms with Gasteiger partial charge in [-0.25, -0.2) is 0 Å². The predicted octanol–water partition coefficient (Wildman–Crippen LogP) is 4.24. The molecule has 4 heteroatoms. The number of aromatic nitrogens is 2. The van der Waals surface area contributed by atoms with Crippen LogP contribution >= 0.6 is 11.6 Å². The van der Waals surface area contributed by atoms with E-state index < -0.39 is 0 Å². The molecule has 2 aromatic rings. The molecule has 1 heterocycles. The van der Waals surface area contributed by atoms with Crippen LogP contribution in [-0.4, -0.2) is 9.97 Å². The molecule has 1 N–H and O–H groups in total. The van der Waals surface area contributed by atoms with Crippen LogP contribution in [0.2, 0.25) is 5.02 Å². The lowest BCUT2D eigenvalue weighted by Crippen LogP contribution is -2.25. The minimum Gasteiger partial charge on any atom is -0.302 e. The second kappa shape index (κ2) is 6.82. The lowest BCUT2D eigenvalue weighted by atomic mass is 10.0. The van der Waals surface area contributed by atoms with E-state index in [4.69, 9.17) is 11.6 Å². The van der Waals surface area contributed by atoms with Crippen LogP contribution in [0.4, 0.5) is 0 Å². The van der Waals surface area contributed by atoms with Crippen molar-refractivity contribution in [2.45, 2.75) is 39.3 Å². The first-order valence-electron chi connectivity index (χ1n) is 6.90. The molecule has 0 aliphatic rings. The Bertz CT molecular complexity index is 554. The van der Waals surface area contributed by atoms with E-state index in [-0.39, 0.29) is 12.1 Å². The van der Waals surface area contributed by atoms with Crippen LogP contribution in [0.5, 0.6) is 0 Å². The van der Waals surface area contributed by atoms with Gasteiger partial charge in [0.15, 0.2) is 0 Å². The van der Waals surface area contributed by atoms with Crippen molar-refractivity contribution in [1.82, 2.24) is 15.3 Å². The van der Waals surface area contributed by atoms with Crippen LogP contribution in [0, 0.1) is 6.92 Å². The fourth-order valence-corrected chi connectivity index (χ4v) is 2.50. The van der Waals surface area contributed by atoms with Gasteiger partial charge in [-0.15, -0.1) is 0 Å². The van der Waals surface area contributed by atoms with Gasteiger partial charge in [0.25, 0.3) is 0 Å². The van der Waals surface area contributed by atoms with Crippen molar-refractivity contribution < 1.29 is 0 Å². The highest BCUT2D eigenvalue weighted by molar-refractivity contribution is 6.30. The lowest BCUT2D eigenvalue weighted by molar-refractivity contribution is 0.447. The van der Waals surface area contributed by atoms with E-state index in [1.165, 1.54) is 5.56 Å². The van der Waals surface area contributed by atoms with Gasteiger partial charge in [-0.1, -0.05) is 30.7 Å². The quantitative estimate of drug-likeness (QED) is 0.894. The van der Waals surface area contributed by atoms with Gasteiger partial charge in [0, 0.05) is 29.5 Å². The van der Waals surface area contributed by atoms with Crippen molar-refractivity contribution in [3.8, 4) is 0 Å².